The zero-order chi connectivity index (χ0) is 14.7. The van der Waals surface area contributed by atoms with Crippen molar-refractivity contribution in [3.05, 3.63) is 59.5 Å². The fourth-order valence-corrected chi connectivity index (χ4v) is 3.91. The Morgan fingerprint density at radius 3 is 2.73 bits per heavy atom. The summed E-state index contributed by atoms with van der Waals surface area (Å²) in [6.45, 7) is 0. The number of fused-ring (bicyclic) bond motifs is 6. The highest BCUT2D eigenvalue weighted by Crippen LogP contribution is 2.43. The molecule has 0 amide bonds. The third-order valence-corrected chi connectivity index (χ3v) is 4.95. The first-order valence-electron chi connectivity index (χ1n) is 7.07. The smallest absolute Gasteiger partial charge is 0.360 e. The van der Waals surface area contributed by atoms with Gasteiger partial charge < -0.3 is 5.11 Å². The topological polar surface area (TPSA) is 31.5 Å². The lowest BCUT2D eigenvalue weighted by Crippen LogP contribution is -1.73. The number of rotatable bonds is 0. The zero-order valence-electron chi connectivity index (χ0n) is 11.5. The Morgan fingerprint density at radius 2 is 1.77 bits per heavy atom. The lowest BCUT2D eigenvalue weighted by Gasteiger charge is -1.98. The lowest BCUT2D eigenvalue weighted by molar-refractivity contribution is 0.489. The predicted octanol–water partition coefficient (Wildman–Crippen LogP) is 5.94. The highest BCUT2D eigenvalue weighted by Gasteiger charge is 2.18. The van der Waals surface area contributed by atoms with E-state index in [2.05, 4.69) is 29.0 Å². The minimum atomic E-state index is 0.339. The summed E-state index contributed by atoms with van der Waals surface area (Å²) < 4.78 is 5.54. The van der Waals surface area contributed by atoms with E-state index in [1.54, 1.807) is 17.6 Å². The molecule has 0 fully saturated rings. The Bertz CT molecular complexity index is 1190. The molecule has 3 heteroatoms. The van der Waals surface area contributed by atoms with Crippen LogP contribution in [-0.2, 0) is 0 Å². The molecule has 0 unspecified atom stereocenters. The Hall–Kier alpha value is -2.65. The van der Waals surface area contributed by atoms with Crippen LogP contribution in [0.4, 0.5) is 0 Å². The van der Waals surface area contributed by atoms with E-state index in [1.807, 2.05) is 24.3 Å². The minimum absolute atomic E-state index is 0.339. The van der Waals surface area contributed by atoms with Crippen molar-refractivity contribution < 1.29 is 9.52 Å². The van der Waals surface area contributed by atoms with Crippen molar-refractivity contribution in [2.24, 2.45) is 0 Å². The Labute approximate surface area is 129 Å². The van der Waals surface area contributed by atoms with Crippen LogP contribution in [0.25, 0.3) is 43.3 Å². The monoisotopic (exact) mass is 303 g/mol. The van der Waals surface area contributed by atoms with E-state index in [0.29, 0.717) is 5.75 Å². The molecule has 5 rings (SSSR count). The van der Waals surface area contributed by atoms with E-state index in [0.717, 1.165) is 37.9 Å². The molecule has 0 saturated carbocycles. The van der Waals surface area contributed by atoms with E-state index in [-0.39, 0.29) is 0 Å². The molecule has 0 atom stereocenters. The molecule has 22 heavy (non-hydrogen) atoms. The standard InChI is InChI=1S/C19H10O2S/c20-19-16-8-11-5-7-22-10-12(11)9-15(16)13-3-4-17-14(18(13)19)2-1-6-21-17/h1-10H/p+1. The van der Waals surface area contributed by atoms with Crippen LogP contribution in [0.3, 0.4) is 0 Å². The van der Waals surface area contributed by atoms with Crippen LogP contribution in [0, 0.1) is 0 Å². The molecule has 2 heterocycles. The van der Waals surface area contributed by atoms with Crippen molar-refractivity contribution in [2.45, 2.75) is 0 Å². The molecule has 5 aromatic rings. The molecule has 0 aliphatic rings. The average molecular weight is 303 g/mol. The summed E-state index contributed by atoms with van der Waals surface area (Å²) in [5.41, 5.74) is 0.785. The second kappa shape index (κ2) is 4.18. The number of hydrogen-bond donors (Lipinski definition) is 1. The molecule has 0 aliphatic heterocycles. The Morgan fingerprint density at radius 1 is 0.864 bits per heavy atom. The first-order valence-corrected chi connectivity index (χ1v) is 8.01. The fraction of sp³-hybridized carbons (Fsp3) is 0. The fourth-order valence-electron chi connectivity index (χ4n) is 3.25. The normalized spacial score (nSPS) is 11.8. The largest absolute Gasteiger partial charge is 0.507 e. The highest BCUT2D eigenvalue weighted by atomic mass is 32.1. The molecule has 2 nitrogen and oxygen atoms in total. The average Bonchev–Trinajstić information content (AvgIpc) is 2.85. The summed E-state index contributed by atoms with van der Waals surface area (Å²) >= 11 is 1.68. The number of benzene rings is 2. The van der Waals surface area contributed by atoms with Gasteiger partial charge in [-0.25, -0.2) is 4.42 Å². The predicted molar refractivity (Wildman–Crippen MR) is 92.7 cm³/mol. The van der Waals surface area contributed by atoms with Gasteiger partial charge in [-0.05, 0) is 62.6 Å². The quantitative estimate of drug-likeness (QED) is 0.359. The van der Waals surface area contributed by atoms with Crippen molar-refractivity contribution in [1.82, 2.24) is 0 Å². The van der Waals surface area contributed by atoms with Crippen molar-refractivity contribution in [1.29, 1.82) is 0 Å². The molecule has 0 saturated heterocycles. The van der Waals surface area contributed by atoms with E-state index >= 15 is 0 Å². The van der Waals surface area contributed by atoms with E-state index in [1.165, 1.54) is 5.39 Å². The summed E-state index contributed by atoms with van der Waals surface area (Å²) in [6, 6.07) is 14.2. The van der Waals surface area contributed by atoms with Crippen molar-refractivity contribution in [2.75, 3.05) is 0 Å². The third-order valence-electron chi connectivity index (χ3n) is 4.27. The van der Waals surface area contributed by atoms with Crippen LogP contribution in [0.1, 0.15) is 0 Å². The van der Waals surface area contributed by atoms with Gasteiger partial charge in [0.15, 0.2) is 0 Å². The van der Waals surface area contributed by atoms with Crippen LogP contribution in [0.15, 0.2) is 63.9 Å². The SMILES string of the molecule is Oc1c2cc3ccscc3cc2c2ccc3[o+]cccc3c12. The molecule has 0 aliphatic carbocycles. The second-order valence-corrected chi connectivity index (χ2v) is 6.23. The molecule has 0 bridgehead atoms. The summed E-state index contributed by atoms with van der Waals surface area (Å²) in [7, 11) is 0. The Balaban J connectivity index is 2.09. The van der Waals surface area contributed by atoms with Gasteiger partial charge in [-0.2, -0.15) is 11.3 Å². The zero-order valence-corrected chi connectivity index (χ0v) is 12.4. The molecule has 2 aromatic heterocycles. The summed E-state index contributed by atoms with van der Waals surface area (Å²) in [4.78, 5) is 0. The maximum Gasteiger partial charge on any atom is 0.360 e. The van der Waals surface area contributed by atoms with Gasteiger partial charge in [0.2, 0.25) is 0 Å². The first-order chi connectivity index (χ1) is 10.8. The van der Waals surface area contributed by atoms with Gasteiger partial charge in [0.25, 0.3) is 0 Å². The lowest BCUT2D eigenvalue weighted by atomic mass is 10.1. The highest BCUT2D eigenvalue weighted by molar-refractivity contribution is 7.08. The van der Waals surface area contributed by atoms with Crippen LogP contribution >= 0.6 is 11.3 Å². The second-order valence-electron chi connectivity index (χ2n) is 5.44. The van der Waals surface area contributed by atoms with Crippen LogP contribution < -0.4 is 0 Å². The summed E-state index contributed by atoms with van der Waals surface area (Å²) in [5, 5.41) is 22.2. The van der Waals surface area contributed by atoms with Gasteiger partial charge in [0.05, 0.1) is 5.39 Å². The van der Waals surface area contributed by atoms with Crippen molar-refractivity contribution >= 4 is 54.6 Å². The van der Waals surface area contributed by atoms with Gasteiger partial charge in [0, 0.05) is 22.9 Å². The maximum atomic E-state index is 10.8. The number of aromatic hydroxyl groups is 1. The Kier molecular flexibility index (Phi) is 2.27. The van der Waals surface area contributed by atoms with Crippen LogP contribution in [0.2, 0.25) is 0 Å². The van der Waals surface area contributed by atoms with E-state index in [9.17, 15) is 5.11 Å². The molecule has 104 valence electrons. The maximum absolute atomic E-state index is 10.8. The minimum Gasteiger partial charge on any atom is -0.507 e. The third kappa shape index (κ3) is 1.46. The molecule has 0 radical (unpaired) electrons. The van der Waals surface area contributed by atoms with Gasteiger partial charge in [-0.1, -0.05) is 0 Å². The van der Waals surface area contributed by atoms with E-state index in [4.69, 9.17) is 4.42 Å². The van der Waals surface area contributed by atoms with Crippen molar-refractivity contribution in [3.63, 3.8) is 0 Å². The summed E-state index contributed by atoms with van der Waals surface area (Å²) in [6.07, 6.45) is 1.66. The van der Waals surface area contributed by atoms with Gasteiger partial charge in [-0.15, -0.1) is 0 Å². The molecular weight excluding hydrogens is 292 g/mol. The number of hydrogen-bond acceptors (Lipinski definition) is 2. The van der Waals surface area contributed by atoms with Crippen LogP contribution in [-0.4, -0.2) is 5.11 Å². The van der Waals surface area contributed by atoms with Gasteiger partial charge >= 0.3 is 11.8 Å². The van der Waals surface area contributed by atoms with Crippen LogP contribution in [0.5, 0.6) is 5.75 Å². The van der Waals surface area contributed by atoms with E-state index < -0.39 is 0 Å². The van der Waals surface area contributed by atoms with Gasteiger partial charge in [0.1, 0.15) is 5.75 Å². The summed E-state index contributed by atoms with van der Waals surface area (Å²) in [5.74, 6) is 0.339. The molecule has 1 N–H and O–H groups in total. The molecule has 0 spiro atoms. The molecule has 3 aromatic carbocycles. The molecular formula is C19H11O2S+. The van der Waals surface area contributed by atoms with Crippen molar-refractivity contribution in [3.8, 4) is 5.75 Å². The van der Waals surface area contributed by atoms with Gasteiger partial charge in [-0.3, -0.25) is 0 Å². The first kappa shape index (κ1) is 12.0.